The van der Waals surface area contributed by atoms with Crippen LogP contribution in [0.3, 0.4) is 0 Å². The van der Waals surface area contributed by atoms with E-state index in [1.54, 1.807) is 37.3 Å². The standard InChI is InChI=1S/C26H25N3O7S/c1-12-8-15-9-14(6-7-17(15)36-12)22(30)20-21(16-10-18(33-3)24(35-5)19(11-16)34-4)29(25(32)23(20)31)26-28-27-13(2)37-26/h6-7,9-12,21,30H,8H2,1-5H3/b22-20-. The van der Waals surface area contributed by atoms with Gasteiger partial charge < -0.3 is 24.1 Å². The summed E-state index contributed by atoms with van der Waals surface area (Å²) < 4.78 is 22.2. The lowest BCUT2D eigenvalue weighted by Crippen LogP contribution is -2.29. The number of ketones is 1. The molecule has 10 nitrogen and oxygen atoms in total. The third-order valence-electron chi connectivity index (χ3n) is 6.34. The smallest absolute Gasteiger partial charge is 0.301 e. The first-order valence-electron chi connectivity index (χ1n) is 11.5. The zero-order chi connectivity index (χ0) is 26.4. The average Bonchev–Trinajstić information content (AvgIpc) is 3.56. The summed E-state index contributed by atoms with van der Waals surface area (Å²) in [6.45, 7) is 3.71. The first kappa shape index (κ1) is 24.6. The maximum Gasteiger partial charge on any atom is 0.301 e. The Morgan fingerprint density at radius 1 is 1.08 bits per heavy atom. The van der Waals surface area contributed by atoms with Crippen molar-refractivity contribution in [2.45, 2.75) is 32.4 Å². The van der Waals surface area contributed by atoms with Gasteiger partial charge in [-0.1, -0.05) is 11.3 Å². The van der Waals surface area contributed by atoms with Gasteiger partial charge in [0, 0.05) is 12.0 Å². The number of rotatable bonds is 6. The number of Topliss-reactive ketones (excluding diaryl/α,β-unsaturated/α-hetero) is 1. The molecule has 2 atom stereocenters. The zero-order valence-electron chi connectivity index (χ0n) is 20.9. The van der Waals surface area contributed by atoms with E-state index in [2.05, 4.69) is 10.2 Å². The van der Waals surface area contributed by atoms with Crippen LogP contribution in [0.2, 0.25) is 0 Å². The number of aromatic nitrogens is 2. The predicted octanol–water partition coefficient (Wildman–Crippen LogP) is 3.82. The van der Waals surface area contributed by atoms with E-state index in [0.29, 0.717) is 39.8 Å². The van der Waals surface area contributed by atoms with Crippen molar-refractivity contribution in [3.8, 4) is 23.0 Å². The molecule has 0 saturated carbocycles. The van der Waals surface area contributed by atoms with Crippen LogP contribution >= 0.6 is 11.3 Å². The van der Waals surface area contributed by atoms with Gasteiger partial charge >= 0.3 is 5.91 Å². The maximum absolute atomic E-state index is 13.4. The summed E-state index contributed by atoms with van der Waals surface area (Å²) in [4.78, 5) is 28.1. The maximum atomic E-state index is 13.4. The molecule has 1 N–H and O–H groups in total. The third-order valence-corrected chi connectivity index (χ3v) is 7.18. The lowest BCUT2D eigenvalue weighted by molar-refractivity contribution is -0.132. The molecular formula is C26H25N3O7S. The fourth-order valence-electron chi connectivity index (χ4n) is 4.71. The molecule has 37 heavy (non-hydrogen) atoms. The van der Waals surface area contributed by atoms with E-state index < -0.39 is 17.7 Å². The number of aliphatic hydroxyl groups is 1. The van der Waals surface area contributed by atoms with Crippen molar-refractivity contribution in [3.05, 3.63) is 57.6 Å². The number of nitrogens with zero attached hydrogens (tertiary/aromatic N) is 3. The van der Waals surface area contributed by atoms with Crippen molar-refractivity contribution >= 4 is 33.9 Å². The van der Waals surface area contributed by atoms with Gasteiger partial charge in [-0.2, -0.15) is 0 Å². The zero-order valence-corrected chi connectivity index (χ0v) is 21.7. The molecule has 5 rings (SSSR count). The van der Waals surface area contributed by atoms with Gasteiger partial charge in [0.15, 0.2) is 11.5 Å². The molecule has 192 valence electrons. The predicted molar refractivity (Wildman–Crippen MR) is 136 cm³/mol. The summed E-state index contributed by atoms with van der Waals surface area (Å²) in [5.74, 6) is -0.216. The average molecular weight is 524 g/mol. The molecule has 0 radical (unpaired) electrons. The molecule has 0 aliphatic carbocycles. The number of hydrogen-bond acceptors (Lipinski definition) is 10. The Morgan fingerprint density at radius 3 is 2.38 bits per heavy atom. The molecule has 2 unspecified atom stereocenters. The van der Waals surface area contributed by atoms with Gasteiger partial charge in [-0.3, -0.25) is 14.5 Å². The van der Waals surface area contributed by atoms with Gasteiger partial charge in [-0.05, 0) is 55.3 Å². The number of amides is 1. The van der Waals surface area contributed by atoms with Crippen molar-refractivity contribution < 1.29 is 33.6 Å². The Kier molecular flexibility index (Phi) is 6.24. The first-order valence-corrected chi connectivity index (χ1v) is 12.3. The van der Waals surface area contributed by atoms with Crippen molar-refractivity contribution in [1.29, 1.82) is 0 Å². The topological polar surface area (TPSA) is 120 Å². The normalized spacial score (nSPS) is 20.1. The quantitative estimate of drug-likeness (QED) is 0.292. The van der Waals surface area contributed by atoms with Gasteiger partial charge in [0.25, 0.3) is 5.78 Å². The SMILES string of the molecule is COc1cc(C2/C(=C(/O)c3ccc4c(c3)CC(C)O4)C(=O)C(=O)N2c2nnc(C)s2)cc(OC)c1OC. The Labute approximate surface area is 217 Å². The molecule has 1 aromatic heterocycles. The molecule has 1 amide bonds. The van der Waals surface area contributed by atoms with Crippen LogP contribution in [-0.2, 0) is 16.0 Å². The summed E-state index contributed by atoms with van der Waals surface area (Å²) in [5.41, 5.74) is 1.69. The summed E-state index contributed by atoms with van der Waals surface area (Å²) in [5, 5.41) is 20.5. The minimum atomic E-state index is -1.02. The van der Waals surface area contributed by atoms with Crippen LogP contribution in [0.4, 0.5) is 5.13 Å². The summed E-state index contributed by atoms with van der Waals surface area (Å²) in [7, 11) is 4.42. The van der Waals surface area contributed by atoms with E-state index in [4.69, 9.17) is 18.9 Å². The largest absolute Gasteiger partial charge is 0.507 e. The molecular weight excluding hydrogens is 498 g/mol. The van der Waals surface area contributed by atoms with Gasteiger partial charge in [0.2, 0.25) is 10.9 Å². The Morgan fingerprint density at radius 2 is 1.78 bits per heavy atom. The van der Waals surface area contributed by atoms with E-state index >= 15 is 0 Å². The minimum Gasteiger partial charge on any atom is -0.507 e. The molecule has 3 heterocycles. The second-order valence-corrected chi connectivity index (χ2v) is 9.85. The van der Waals surface area contributed by atoms with Gasteiger partial charge in [0.05, 0.1) is 32.9 Å². The molecule has 2 aliphatic rings. The number of anilines is 1. The van der Waals surface area contributed by atoms with Crippen molar-refractivity contribution in [1.82, 2.24) is 10.2 Å². The van der Waals surface area contributed by atoms with Crippen LogP contribution in [0, 0.1) is 6.92 Å². The Bertz CT molecular complexity index is 1420. The Hall–Kier alpha value is -4.12. The highest BCUT2D eigenvalue weighted by Crippen LogP contribution is 2.47. The third kappa shape index (κ3) is 4.05. The fraction of sp³-hybridized carbons (Fsp3) is 0.308. The highest BCUT2D eigenvalue weighted by Gasteiger charge is 2.49. The van der Waals surface area contributed by atoms with Gasteiger partial charge in [-0.15, -0.1) is 10.2 Å². The molecule has 1 fully saturated rings. The van der Waals surface area contributed by atoms with Crippen LogP contribution in [0.5, 0.6) is 23.0 Å². The molecule has 0 spiro atoms. The van der Waals surface area contributed by atoms with Crippen molar-refractivity contribution in [2.75, 3.05) is 26.2 Å². The summed E-state index contributed by atoms with van der Waals surface area (Å²) >= 11 is 1.17. The number of fused-ring (bicyclic) bond motifs is 1. The lowest BCUT2D eigenvalue weighted by Gasteiger charge is -2.24. The van der Waals surface area contributed by atoms with E-state index in [0.717, 1.165) is 11.3 Å². The lowest BCUT2D eigenvalue weighted by atomic mass is 9.94. The minimum absolute atomic E-state index is 0.0119. The molecule has 2 aliphatic heterocycles. The van der Waals surface area contributed by atoms with Crippen LogP contribution in [0.1, 0.15) is 34.7 Å². The van der Waals surface area contributed by atoms with E-state index in [1.807, 2.05) is 6.92 Å². The number of benzene rings is 2. The van der Waals surface area contributed by atoms with Crippen LogP contribution in [-0.4, -0.2) is 54.4 Å². The van der Waals surface area contributed by atoms with E-state index in [-0.39, 0.29) is 22.6 Å². The number of ether oxygens (including phenoxy) is 4. The number of aliphatic hydroxyl groups excluding tert-OH is 1. The Balaban J connectivity index is 1.74. The number of methoxy groups -OCH3 is 3. The van der Waals surface area contributed by atoms with E-state index in [1.165, 1.54) is 37.6 Å². The number of carbonyl (C=O) groups excluding carboxylic acids is 2. The van der Waals surface area contributed by atoms with Crippen LogP contribution < -0.4 is 23.8 Å². The summed E-state index contributed by atoms with van der Waals surface area (Å²) in [6, 6.07) is 7.47. The molecule has 0 bridgehead atoms. The molecule has 3 aromatic rings. The fourth-order valence-corrected chi connectivity index (χ4v) is 5.43. The molecule has 11 heteroatoms. The van der Waals surface area contributed by atoms with E-state index in [9.17, 15) is 14.7 Å². The first-order chi connectivity index (χ1) is 17.8. The highest BCUT2D eigenvalue weighted by molar-refractivity contribution is 7.15. The summed E-state index contributed by atoms with van der Waals surface area (Å²) in [6.07, 6.45) is 0.684. The van der Waals surface area contributed by atoms with Crippen molar-refractivity contribution in [3.63, 3.8) is 0 Å². The second kappa shape index (κ2) is 9.40. The van der Waals surface area contributed by atoms with Crippen LogP contribution in [0.25, 0.3) is 5.76 Å². The second-order valence-electron chi connectivity index (χ2n) is 8.69. The monoisotopic (exact) mass is 523 g/mol. The van der Waals surface area contributed by atoms with Gasteiger partial charge in [-0.25, -0.2) is 0 Å². The van der Waals surface area contributed by atoms with Crippen LogP contribution in [0.15, 0.2) is 35.9 Å². The van der Waals surface area contributed by atoms with Gasteiger partial charge in [0.1, 0.15) is 22.6 Å². The molecule has 1 saturated heterocycles. The van der Waals surface area contributed by atoms with Crippen molar-refractivity contribution in [2.24, 2.45) is 0 Å². The highest BCUT2D eigenvalue weighted by atomic mass is 32.1. The number of carbonyl (C=O) groups is 2. The number of aryl methyl sites for hydroxylation is 1. The number of hydrogen-bond donors (Lipinski definition) is 1. The molecule has 2 aromatic carbocycles.